The summed E-state index contributed by atoms with van der Waals surface area (Å²) in [4.78, 5) is 24.9. The van der Waals surface area contributed by atoms with E-state index in [4.69, 9.17) is 0 Å². The van der Waals surface area contributed by atoms with Gasteiger partial charge in [-0.3, -0.25) is 9.59 Å². The highest BCUT2D eigenvalue weighted by molar-refractivity contribution is 9.10. The van der Waals surface area contributed by atoms with Crippen LogP contribution in [-0.2, 0) is 4.79 Å². The molecule has 0 aliphatic rings. The van der Waals surface area contributed by atoms with Gasteiger partial charge in [-0.25, -0.2) is 0 Å². The standard InChI is InChI=1S/C13H17BrN2O3/c1-8(2)15-12(18)7-16(3)13(19)9-4-5-10(14)11(17)6-9/h4-6,8,17H,7H2,1-3H3,(H,15,18). The smallest absolute Gasteiger partial charge is 0.254 e. The molecular formula is C13H17BrN2O3. The van der Waals surface area contributed by atoms with Crippen molar-refractivity contribution in [2.75, 3.05) is 13.6 Å². The number of amides is 2. The Hall–Kier alpha value is -1.56. The number of phenolic OH excluding ortho intramolecular Hbond substituents is 1. The van der Waals surface area contributed by atoms with Gasteiger partial charge in [0.1, 0.15) is 5.75 Å². The van der Waals surface area contributed by atoms with E-state index in [0.29, 0.717) is 10.0 Å². The number of carbonyl (C=O) groups excluding carboxylic acids is 2. The van der Waals surface area contributed by atoms with Gasteiger partial charge in [0.05, 0.1) is 11.0 Å². The van der Waals surface area contributed by atoms with Gasteiger partial charge in [-0.05, 0) is 48.0 Å². The molecule has 0 atom stereocenters. The Labute approximate surface area is 120 Å². The lowest BCUT2D eigenvalue weighted by Crippen LogP contribution is -2.40. The third-order valence-corrected chi connectivity index (χ3v) is 3.04. The molecule has 0 unspecified atom stereocenters. The lowest BCUT2D eigenvalue weighted by atomic mass is 10.2. The zero-order chi connectivity index (χ0) is 14.6. The van der Waals surface area contributed by atoms with E-state index in [1.54, 1.807) is 19.2 Å². The highest BCUT2D eigenvalue weighted by atomic mass is 79.9. The van der Waals surface area contributed by atoms with Crippen molar-refractivity contribution in [3.63, 3.8) is 0 Å². The fourth-order valence-electron chi connectivity index (χ4n) is 1.52. The maximum absolute atomic E-state index is 12.0. The lowest BCUT2D eigenvalue weighted by molar-refractivity contribution is -0.122. The molecule has 0 heterocycles. The molecule has 0 spiro atoms. The first kappa shape index (κ1) is 15.5. The number of nitrogens with one attached hydrogen (secondary N) is 1. The highest BCUT2D eigenvalue weighted by Gasteiger charge is 2.16. The van der Waals surface area contributed by atoms with Crippen LogP contribution in [-0.4, -0.2) is 41.5 Å². The van der Waals surface area contributed by atoms with E-state index in [1.165, 1.54) is 11.0 Å². The van der Waals surface area contributed by atoms with Gasteiger partial charge < -0.3 is 15.3 Å². The number of hydrogen-bond acceptors (Lipinski definition) is 3. The molecule has 0 radical (unpaired) electrons. The molecule has 6 heteroatoms. The maximum atomic E-state index is 12.0. The van der Waals surface area contributed by atoms with Crippen LogP contribution in [0, 0.1) is 0 Å². The molecule has 1 aromatic carbocycles. The van der Waals surface area contributed by atoms with Crippen LogP contribution in [0.25, 0.3) is 0 Å². The van der Waals surface area contributed by atoms with E-state index < -0.39 is 0 Å². The minimum atomic E-state index is -0.318. The van der Waals surface area contributed by atoms with Crippen LogP contribution in [0.2, 0.25) is 0 Å². The second kappa shape index (κ2) is 6.56. The van der Waals surface area contributed by atoms with Crippen molar-refractivity contribution in [3.8, 4) is 5.75 Å². The first-order valence-corrected chi connectivity index (χ1v) is 6.64. The number of phenols is 1. The molecule has 0 aromatic heterocycles. The van der Waals surface area contributed by atoms with Gasteiger partial charge in [0.15, 0.2) is 0 Å². The topological polar surface area (TPSA) is 69.6 Å². The minimum absolute atomic E-state index is 0.00844. The van der Waals surface area contributed by atoms with Crippen LogP contribution < -0.4 is 5.32 Å². The zero-order valence-corrected chi connectivity index (χ0v) is 12.7. The van der Waals surface area contributed by atoms with E-state index >= 15 is 0 Å². The predicted molar refractivity (Wildman–Crippen MR) is 76.0 cm³/mol. The average Bonchev–Trinajstić information content (AvgIpc) is 2.30. The molecule has 0 aliphatic carbocycles. The molecule has 2 amide bonds. The Balaban J connectivity index is 2.71. The fourth-order valence-corrected chi connectivity index (χ4v) is 1.77. The molecule has 0 fully saturated rings. The average molecular weight is 329 g/mol. The molecule has 5 nitrogen and oxygen atoms in total. The number of nitrogens with zero attached hydrogens (tertiary/aromatic N) is 1. The van der Waals surface area contributed by atoms with E-state index in [-0.39, 0.29) is 30.2 Å². The Morgan fingerprint density at radius 1 is 1.42 bits per heavy atom. The first-order valence-electron chi connectivity index (χ1n) is 5.84. The monoisotopic (exact) mass is 328 g/mol. The minimum Gasteiger partial charge on any atom is -0.507 e. The SMILES string of the molecule is CC(C)NC(=O)CN(C)C(=O)c1ccc(Br)c(O)c1. The quantitative estimate of drug-likeness (QED) is 0.884. The third kappa shape index (κ3) is 4.55. The number of hydrogen-bond donors (Lipinski definition) is 2. The summed E-state index contributed by atoms with van der Waals surface area (Å²) in [5.74, 6) is -0.542. The van der Waals surface area contributed by atoms with Crippen LogP contribution in [0.3, 0.4) is 0 Å². The molecule has 1 rings (SSSR count). The normalized spacial score (nSPS) is 10.4. The van der Waals surface area contributed by atoms with Crippen molar-refractivity contribution >= 4 is 27.7 Å². The summed E-state index contributed by atoms with van der Waals surface area (Å²) >= 11 is 3.14. The Kier molecular flexibility index (Phi) is 5.35. The van der Waals surface area contributed by atoms with Crippen LogP contribution in [0.15, 0.2) is 22.7 Å². The van der Waals surface area contributed by atoms with Gasteiger partial charge in [0.25, 0.3) is 5.91 Å². The number of benzene rings is 1. The van der Waals surface area contributed by atoms with Crippen LogP contribution in [0.5, 0.6) is 5.75 Å². The van der Waals surface area contributed by atoms with Crippen molar-refractivity contribution in [1.29, 1.82) is 0 Å². The third-order valence-electron chi connectivity index (χ3n) is 2.37. The molecule has 1 aromatic rings. The lowest BCUT2D eigenvalue weighted by Gasteiger charge is -2.18. The number of likely N-dealkylation sites (N-methyl/N-ethyl adjacent to an activating group) is 1. The Morgan fingerprint density at radius 3 is 2.58 bits per heavy atom. The van der Waals surface area contributed by atoms with Gasteiger partial charge in [-0.1, -0.05) is 0 Å². The highest BCUT2D eigenvalue weighted by Crippen LogP contribution is 2.24. The zero-order valence-electron chi connectivity index (χ0n) is 11.1. The molecule has 0 saturated carbocycles. The second-order valence-electron chi connectivity index (χ2n) is 4.55. The van der Waals surface area contributed by atoms with Gasteiger partial charge in [0, 0.05) is 18.7 Å². The van der Waals surface area contributed by atoms with Crippen molar-refractivity contribution in [2.45, 2.75) is 19.9 Å². The van der Waals surface area contributed by atoms with E-state index in [0.717, 1.165) is 0 Å². The molecule has 0 saturated heterocycles. The number of halogens is 1. The summed E-state index contributed by atoms with van der Waals surface area (Å²) in [7, 11) is 1.54. The van der Waals surface area contributed by atoms with E-state index in [1.807, 2.05) is 13.8 Å². The molecule has 104 valence electrons. The fraction of sp³-hybridized carbons (Fsp3) is 0.385. The Morgan fingerprint density at radius 2 is 2.05 bits per heavy atom. The van der Waals surface area contributed by atoms with Crippen molar-refractivity contribution in [2.24, 2.45) is 0 Å². The predicted octanol–water partition coefficient (Wildman–Crippen LogP) is 1.75. The summed E-state index contributed by atoms with van der Waals surface area (Å²) < 4.78 is 0.518. The summed E-state index contributed by atoms with van der Waals surface area (Å²) in [6.45, 7) is 3.69. The van der Waals surface area contributed by atoms with E-state index in [2.05, 4.69) is 21.2 Å². The molecule has 0 aliphatic heterocycles. The van der Waals surface area contributed by atoms with Gasteiger partial charge in [0.2, 0.25) is 5.91 Å². The summed E-state index contributed by atoms with van der Waals surface area (Å²) in [5.41, 5.74) is 0.334. The van der Waals surface area contributed by atoms with Crippen LogP contribution in [0.4, 0.5) is 0 Å². The van der Waals surface area contributed by atoms with E-state index in [9.17, 15) is 14.7 Å². The van der Waals surface area contributed by atoms with Crippen molar-refractivity contribution in [3.05, 3.63) is 28.2 Å². The van der Waals surface area contributed by atoms with Gasteiger partial charge in [-0.2, -0.15) is 0 Å². The Bertz CT molecular complexity index is 489. The van der Waals surface area contributed by atoms with Crippen LogP contribution in [0.1, 0.15) is 24.2 Å². The molecule has 0 bridgehead atoms. The summed E-state index contributed by atoms with van der Waals surface area (Å²) in [6.07, 6.45) is 0. The van der Waals surface area contributed by atoms with Gasteiger partial charge in [-0.15, -0.1) is 0 Å². The number of aromatic hydroxyl groups is 1. The molecule has 19 heavy (non-hydrogen) atoms. The largest absolute Gasteiger partial charge is 0.507 e. The summed E-state index contributed by atoms with van der Waals surface area (Å²) in [5, 5.41) is 12.2. The van der Waals surface area contributed by atoms with Gasteiger partial charge >= 0.3 is 0 Å². The summed E-state index contributed by atoms with van der Waals surface area (Å²) in [6, 6.07) is 4.57. The van der Waals surface area contributed by atoms with Crippen molar-refractivity contribution < 1.29 is 14.7 Å². The van der Waals surface area contributed by atoms with Crippen molar-refractivity contribution in [1.82, 2.24) is 10.2 Å². The molecular weight excluding hydrogens is 312 g/mol. The first-order chi connectivity index (χ1) is 8.81. The van der Waals surface area contributed by atoms with Crippen LogP contribution >= 0.6 is 15.9 Å². The second-order valence-corrected chi connectivity index (χ2v) is 5.40. The maximum Gasteiger partial charge on any atom is 0.254 e. The molecule has 2 N–H and O–H groups in total. The number of carbonyl (C=O) groups is 2. The number of rotatable bonds is 4.